The highest BCUT2D eigenvalue weighted by Gasteiger charge is 2.31. The normalized spacial score (nSPS) is 14.4. The highest BCUT2D eigenvalue weighted by atomic mass is 35.5. The first-order valence-corrected chi connectivity index (χ1v) is 12.2. The number of allylic oxidation sites excluding steroid dienone is 1. The molecule has 0 saturated heterocycles. The molecule has 1 heterocycles. The van der Waals surface area contributed by atoms with Crippen LogP contribution in [0.1, 0.15) is 37.3 Å². The van der Waals surface area contributed by atoms with Crippen LogP contribution in [0.2, 0.25) is 5.02 Å². The third kappa shape index (κ3) is 6.54. The molecule has 1 aliphatic rings. The Hall–Kier alpha value is -4.15. The zero-order valence-corrected chi connectivity index (χ0v) is 21.3. The smallest absolute Gasteiger partial charge is 0.349 e. The number of nitriles is 1. The number of nitrogens with two attached hydrogens (primary N) is 1. The maximum atomic E-state index is 12.3. The van der Waals surface area contributed by atoms with Gasteiger partial charge in [0.1, 0.15) is 34.6 Å². The lowest BCUT2D eigenvalue weighted by Gasteiger charge is -2.27. The Labute approximate surface area is 221 Å². The number of benzene rings is 3. The number of carbonyl (C=O) groups is 1. The molecule has 2 N–H and O–H groups in total. The van der Waals surface area contributed by atoms with Crippen LogP contribution in [0.4, 0.5) is 0 Å². The summed E-state index contributed by atoms with van der Waals surface area (Å²) in [6.45, 7) is 4.59. The van der Waals surface area contributed by atoms with Gasteiger partial charge >= 0.3 is 5.97 Å². The largest absolute Gasteiger partial charge is 0.494 e. The van der Waals surface area contributed by atoms with Gasteiger partial charge in [0.15, 0.2) is 6.61 Å². The predicted octanol–water partition coefficient (Wildman–Crippen LogP) is 5.97. The Kier molecular flexibility index (Phi) is 8.22. The minimum absolute atomic E-state index is 0.00102. The Bertz CT molecular complexity index is 1360. The maximum Gasteiger partial charge on any atom is 0.349 e. The minimum atomic E-state index is -0.597. The van der Waals surface area contributed by atoms with E-state index in [-0.39, 0.29) is 18.2 Å². The zero-order valence-electron chi connectivity index (χ0n) is 20.6. The van der Waals surface area contributed by atoms with E-state index in [1.54, 1.807) is 42.5 Å². The van der Waals surface area contributed by atoms with Crippen LogP contribution in [-0.4, -0.2) is 19.2 Å². The standard InChI is InChI=1S/C29H27ClN2O5/c1-18(2)11-12-34-21-7-3-5-19(13-21)28-24-10-9-23(15-26(24)37-29(32)25(28)16-31)36-27(33)17-35-22-8-4-6-20(30)14-22/h3-10,13-15,18,28H,11-12,17,32H2,1-2H3. The molecule has 0 saturated carbocycles. The predicted molar refractivity (Wildman–Crippen MR) is 140 cm³/mol. The summed E-state index contributed by atoms with van der Waals surface area (Å²) in [5.41, 5.74) is 7.98. The molecule has 1 atom stereocenters. The second-order valence-corrected chi connectivity index (χ2v) is 9.38. The van der Waals surface area contributed by atoms with E-state index < -0.39 is 11.9 Å². The summed E-state index contributed by atoms with van der Waals surface area (Å²) in [5, 5.41) is 10.3. The van der Waals surface area contributed by atoms with E-state index in [0.29, 0.717) is 40.4 Å². The van der Waals surface area contributed by atoms with Gasteiger partial charge in [0.2, 0.25) is 5.88 Å². The molecule has 1 aliphatic heterocycles. The first kappa shape index (κ1) is 25.9. The summed E-state index contributed by atoms with van der Waals surface area (Å²) >= 11 is 5.94. The van der Waals surface area contributed by atoms with Crippen molar-refractivity contribution < 1.29 is 23.7 Å². The molecule has 7 nitrogen and oxygen atoms in total. The van der Waals surface area contributed by atoms with Gasteiger partial charge in [-0.25, -0.2) is 4.79 Å². The average molecular weight is 519 g/mol. The molecule has 0 amide bonds. The quantitative estimate of drug-likeness (QED) is 0.275. The molecule has 0 fully saturated rings. The zero-order chi connectivity index (χ0) is 26.4. The van der Waals surface area contributed by atoms with Crippen molar-refractivity contribution in [1.29, 1.82) is 5.26 Å². The fraction of sp³-hybridized carbons (Fsp3) is 0.241. The lowest BCUT2D eigenvalue weighted by atomic mass is 9.83. The van der Waals surface area contributed by atoms with Crippen molar-refractivity contribution in [3.05, 3.63) is 94.3 Å². The summed E-state index contributed by atoms with van der Waals surface area (Å²) in [7, 11) is 0. The van der Waals surface area contributed by atoms with Gasteiger partial charge in [-0.05, 0) is 54.3 Å². The molecule has 0 radical (unpaired) electrons. The van der Waals surface area contributed by atoms with Gasteiger partial charge in [-0.2, -0.15) is 5.26 Å². The Morgan fingerprint density at radius 1 is 1.05 bits per heavy atom. The third-order valence-corrected chi connectivity index (χ3v) is 5.97. The van der Waals surface area contributed by atoms with Gasteiger partial charge < -0.3 is 24.7 Å². The van der Waals surface area contributed by atoms with E-state index in [2.05, 4.69) is 19.9 Å². The number of esters is 1. The molecular weight excluding hydrogens is 492 g/mol. The second-order valence-electron chi connectivity index (χ2n) is 8.95. The lowest BCUT2D eigenvalue weighted by molar-refractivity contribution is -0.136. The molecule has 0 aliphatic carbocycles. The van der Waals surface area contributed by atoms with Crippen LogP contribution >= 0.6 is 11.6 Å². The molecular formula is C29H27ClN2O5. The molecule has 4 rings (SSSR count). The minimum Gasteiger partial charge on any atom is -0.494 e. The molecule has 0 spiro atoms. The SMILES string of the molecule is CC(C)CCOc1cccc(C2C(C#N)=C(N)Oc3cc(OC(=O)COc4cccc(Cl)c4)ccc32)c1. The van der Waals surface area contributed by atoms with Crippen molar-refractivity contribution in [3.8, 4) is 29.1 Å². The van der Waals surface area contributed by atoms with Crippen molar-refractivity contribution in [2.24, 2.45) is 11.7 Å². The molecule has 190 valence electrons. The first-order chi connectivity index (χ1) is 17.8. The van der Waals surface area contributed by atoms with Crippen LogP contribution in [0.25, 0.3) is 0 Å². The van der Waals surface area contributed by atoms with Crippen LogP contribution in [-0.2, 0) is 4.79 Å². The van der Waals surface area contributed by atoms with E-state index in [4.69, 9.17) is 36.3 Å². The van der Waals surface area contributed by atoms with Gasteiger partial charge in [0, 0.05) is 16.7 Å². The molecule has 3 aromatic carbocycles. The van der Waals surface area contributed by atoms with E-state index >= 15 is 0 Å². The molecule has 1 unspecified atom stereocenters. The van der Waals surface area contributed by atoms with E-state index in [1.807, 2.05) is 24.3 Å². The molecule has 3 aromatic rings. The first-order valence-electron chi connectivity index (χ1n) is 11.9. The number of hydrogen-bond acceptors (Lipinski definition) is 7. The Balaban J connectivity index is 1.52. The van der Waals surface area contributed by atoms with Crippen molar-refractivity contribution >= 4 is 17.6 Å². The van der Waals surface area contributed by atoms with Gasteiger partial charge in [0.25, 0.3) is 0 Å². The van der Waals surface area contributed by atoms with Crippen molar-refractivity contribution in [3.63, 3.8) is 0 Å². The number of halogens is 1. The number of nitrogens with zero attached hydrogens (tertiary/aromatic N) is 1. The monoisotopic (exact) mass is 518 g/mol. The van der Waals surface area contributed by atoms with Crippen LogP contribution in [0.3, 0.4) is 0 Å². The Morgan fingerprint density at radius 3 is 2.54 bits per heavy atom. The summed E-state index contributed by atoms with van der Waals surface area (Å²) in [6.07, 6.45) is 0.937. The van der Waals surface area contributed by atoms with Gasteiger partial charge in [-0.15, -0.1) is 0 Å². The van der Waals surface area contributed by atoms with Gasteiger partial charge in [-0.1, -0.05) is 49.7 Å². The summed E-state index contributed by atoms with van der Waals surface area (Å²) < 4.78 is 22.5. The Morgan fingerprint density at radius 2 is 1.81 bits per heavy atom. The molecule has 0 aromatic heterocycles. The van der Waals surface area contributed by atoms with Gasteiger partial charge in [-0.3, -0.25) is 0 Å². The van der Waals surface area contributed by atoms with E-state index in [0.717, 1.165) is 17.5 Å². The fourth-order valence-electron chi connectivity index (χ4n) is 3.90. The number of carbonyl (C=O) groups excluding carboxylic acids is 1. The summed E-state index contributed by atoms with van der Waals surface area (Å²) in [4.78, 5) is 12.3. The van der Waals surface area contributed by atoms with Crippen molar-refractivity contribution in [2.75, 3.05) is 13.2 Å². The van der Waals surface area contributed by atoms with Crippen LogP contribution in [0.15, 0.2) is 78.2 Å². The average Bonchev–Trinajstić information content (AvgIpc) is 2.86. The number of ether oxygens (including phenoxy) is 4. The number of hydrogen-bond donors (Lipinski definition) is 1. The number of fused-ring (bicyclic) bond motifs is 1. The van der Waals surface area contributed by atoms with Crippen LogP contribution < -0.4 is 24.7 Å². The molecule has 37 heavy (non-hydrogen) atoms. The fourth-order valence-corrected chi connectivity index (χ4v) is 4.08. The maximum absolute atomic E-state index is 12.3. The van der Waals surface area contributed by atoms with E-state index in [1.165, 1.54) is 0 Å². The lowest BCUT2D eigenvalue weighted by Crippen LogP contribution is -2.21. The highest BCUT2D eigenvalue weighted by Crippen LogP contribution is 2.44. The third-order valence-electron chi connectivity index (χ3n) is 5.73. The van der Waals surface area contributed by atoms with Crippen LogP contribution in [0.5, 0.6) is 23.0 Å². The summed E-state index contributed by atoms with van der Waals surface area (Å²) in [5.74, 6) is 1.30. The molecule has 8 heteroatoms. The van der Waals surface area contributed by atoms with Gasteiger partial charge in [0.05, 0.1) is 12.5 Å². The highest BCUT2D eigenvalue weighted by molar-refractivity contribution is 6.30. The van der Waals surface area contributed by atoms with Crippen molar-refractivity contribution in [1.82, 2.24) is 0 Å². The molecule has 0 bridgehead atoms. The van der Waals surface area contributed by atoms with E-state index in [9.17, 15) is 10.1 Å². The summed E-state index contributed by atoms with van der Waals surface area (Å²) in [6, 6.07) is 21.5. The number of rotatable bonds is 9. The topological polar surface area (TPSA) is 104 Å². The van der Waals surface area contributed by atoms with Crippen molar-refractivity contribution in [2.45, 2.75) is 26.2 Å². The van der Waals surface area contributed by atoms with Crippen LogP contribution in [0, 0.1) is 17.2 Å². The second kappa shape index (κ2) is 11.7.